The third-order valence-corrected chi connectivity index (χ3v) is 6.13. The highest BCUT2D eigenvalue weighted by Crippen LogP contribution is 2.37. The number of sulfonamides is 1. The van der Waals surface area contributed by atoms with Gasteiger partial charge in [-0.3, -0.25) is 0 Å². The van der Waals surface area contributed by atoms with E-state index in [0.717, 1.165) is 37.8 Å². The van der Waals surface area contributed by atoms with Gasteiger partial charge in [0.2, 0.25) is 10.0 Å². The van der Waals surface area contributed by atoms with E-state index in [1.807, 2.05) is 0 Å². The Balaban J connectivity index is 2.10. The van der Waals surface area contributed by atoms with Gasteiger partial charge in [0.25, 0.3) is 0 Å². The number of thioether (sulfide) groups is 1. The second-order valence-electron chi connectivity index (χ2n) is 5.53. The molecule has 23 heavy (non-hydrogen) atoms. The molecule has 0 aliphatic heterocycles. The van der Waals surface area contributed by atoms with Gasteiger partial charge in [0.05, 0.1) is 4.90 Å². The normalized spacial score (nSPS) is 23.0. The predicted molar refractivity (Wildman–Crippen MR) is 83.5 cm³/mol. The van der Waals surface area contributed by atoms with Crippen molar-refractivity contribution in [1.29, 1.82) is 0 Å². The van der Waals surface area contributed by atoms with Gasteiger partial charge in [0, 0.05) is 10.9 Å². The zero-order valence-electron chi connectivity index (χ0n) is 12.3. The molecule has 0 radical (unpaired) electrons. The van der Waals surface area contributed by atoms with E-state index >= 15 is 0 Å². The zero-order valence-corrected chi connectivity index (χ0v) is 14.0. The lowest BCUT2D eigenvalue weighted by Gasteiger charge is -2.31. The summed E-state index contributed by atoms with van der Waals surface area (Å²) in [4.78, 5) is -0.0840. The summed E-state index contributed by atoms with van der Waals surface area (Å²) < 4.78 is 64.3. The Morgan fingerprint density at radius 2 is 1.78 bits per heavy atom. The first kappa shape index (κ1) is 18.6. The number of benzene rings is 1. The van der Waals surface area contributed by atoms with Gasteiger partial charge in [-0.1, -0.05) is 12.8 Å². The van der Waals surface area contributed by atoms with E-state index < -0.39 is 15.5 Å². The molecular weight excluding hydrogens is 349 g/mol. The summed E-state index contributed by atoms with van der Waals surface area (Å²) >= 11 is -0.272. The number of hydrogen-bond acceptors (Lipinski definition) is 4. The van der Waals surface area contributed by atoms with E-state index in [0.29, 0.717) is 6.54 Å². The van der Waals surface area contributed by atoms with Crippen LogP contribution in [-0.4, -0.2) is 26.5 Å². The van der Waals surface area contributed by atoms with Crippen LogP contribution >= 0.6 is 11.8 Å². The molecule has 2 unspecified atom stereocenters. The van der Waals surface area contributed by atoms with Crippen LogP contribution in [-0.2, 0) is 10.0 Å². The van der Waals surface area contributed by atoms with Crippen molar-refractivity contribution >= 4 is 21.8 Å². The molecule has 2 rings (SSSR count). The van der Waals surface area contributed by atoms with Gasteiger partial charge in [-0.2, -0.15) is 13.2 Å². The molecule has 4 nitrogen and oxygen atoms in total. The van der Waals surface area contributed by atoms with Gasteiger partial charge in [-0.25, -0.2) is 13.1 Å². The summed E-state index contributed by atoms with van der Waals surface area (Å²) in [7, 11) is -3.76. The Morgan fingerprint density at radius 1 is 1.17 bits per heavy atom. The van der Waals surface area contributed by atoms with Gasteiger partial charge < -0.3 is 5.73 Å². The van der Waals surface area contributed by atoms with Gasteiger partial charge in [0.15, 0.2) is 0 Å². The maximum absolute atomic E-state index is 12.4. The second-order valence-corrected chi connectivity index (χ2v) is 8.38. The largest absolute Gasteiger partial charge is 0.446 e. The van der Waals surface area contributed by atoms with Gasteiger partial charge in [-0.05, 0) is 61.3 Å². The molecule has 1 fully saturated rings. The molecule has 9 heteroatoms. The van der Waals surface area contributed by atoms with Gasteiger partial charge in [-0.15, -0.1) is 0 Å². The van der Waals surface area contributed by atoms with Crippen molar-refractivity contribution in [3.05, 3.63) is 24.3 Å². The van der Waals surface area contributed by atoms with Crippen LogP contribution in [0.25, 0.3) is 0 Å². The monoisotopic (exact) mass is 368 g/mol. The molecule has 1 aliphatic carbocycles. The molecular formula is C14H19F3N2O2S2. The molecule has 0 spiro atoms. The van der Waals surface area contributed by atoms with Crippen LogP contribution in [0.4, 0.5) is 13.2 Å². The van der Waals surface area contributed by atoms with Gasteiger partial charge >= 0.3 is 5.51 Å². The Morgan fingerprint density at radius 3 is 2.35 bits per heavy atom. The molecule has 1 aromatic rings. The first-order chi connectivity index (χ1) is 10.7. The third-order valence-electron chi connectivity index (χ3n) is 3.89. The maximum atomic E-state index is 12.4. The van der Waals surface area contributed by atoms with E-state index in [2.05, 4.69) is 4.72 Å². The fourth-order valence-electron chi connectivity index (χ4n) is 2.73. The van der Waals surface area contributed by atoms with Crippen molar-refractivity contribution in [2.75, 3.05) is 6.54 Å². The molecule has 1 saturated carbocycles. The third kappa shape index (κ3) is 5.37. The summed E-state index contributed by atoms with van der Waals surface area (Å²) in [6, 6.07) is 4.48. The van der Waals surface area contributed by atoms with Crippen LogP contribution in [0.3, 0.4) is 0 Å². The summed E-state index contributed by atoms with van der Waals surface area (Å²) in [5.74, 6) is 0.0959. The standard InChI is InChI=1S/C14H19F3N2O2S2/c15-14(16,17)22-11-5-7-12(8-6-11)23(20,21)19-13-4-2-1-3-10(13)9-18/h5-8,10,13,19H,1-4,9,18H2. The minimum atomic E-state index is -4.39. The number of hydrogen-bond donors (Lipinski definition) is 2. The van der Waals surface area contributed by atoms with Crippen molar-refractivity contribution in [1.82, 2.24) is 4.72 Å². The molecule has 0 aromatic heterocycles. The number of alkyl halides is 3. The van der Waals surface area contributed by atoms with E-state index in [1.54, 1.807) is 0 Å². The SMILES string of the molecule is NCC1CCCCC1NS(=O)(=O)c1ccc(SC(F)(F)F)cc1. The molecule has 0 saturated heterocycles. The maximum Gasteiger partial charge on any atom is 0.446 e. The van der Waals surface area contributed by atoms with E-state index in [4.69, 9.17) is 5.73 Å². The van der Waals surface area contributed by atoms with Crippen molar-refractivity contribution in [3.8, 4) is 0 Å². The Bertz CT molecular complexity index is 618. The van der Waals surface area contributed by atoms with Crippen molar-refractivity contribution in [2.45, 2.75) is 47.0 Å². The fourth-order valence-corrected chi connectivity index (χ4v) is 4.61. The smallest absolute Gasteiger partial charge is 0.330 e. The number of nitrogens with two attached hydrogens (primary N) is 1. The summed E-state index contributed by atoms with van der Waals surface area (Å²) in [5.41, 5.74) is 1.29. The number of nitrogens with one attached hydrogen (secondary N) is 1. The summed E-state index contributed by atoms with van der Waals surface area (Å²) in [5, 5.41) is 0. The summed E-state index contributed by atoms with van der Waals surface area (Å²) in [6.07, 6.45) is 3.57. The molecule has 1 aliphatic rings. The average molecular weight is 368 g/mol. The van der Waals surface area contributed by atoms with Gasteiger partial charge in [0.1, 0.15) is 0 Å². The van der Waals surface area contributed by atoms with Crippen LogP contribution in [0.5, 0.6) is 0 Å². The van der Waals surface area contributed by atoms with Crippen LogP contribution < -0.4 is 10.5 Å². The predicted octanol–water partition coefficient (Wildman–Crippen LogP) is 3.09. The minimum Gasteiger partial charge on any atom is -0.330 e. The highest BCUT2D eigenvalue weighted by molar-refractivity contribution is 8.00. The van der Waals surface area contributed by atoms with E-state index in [9.17, 15) is 21.6 Å². The quantitative estimate of drug-likeness (QED) is 0.784. The fraction of sp³-hybridized carbons (Fsp3) is 0.571. The Kier molecular flexibility index (Phi) is 5.99. The lowest BCUT2D eigenvalue weighted by molar-refractivity contribution is -0.0328. The van der Waals surface area contributed by atoms with Crippen molar-refractivity contribution in [3.63, 3.8) is 0 Å². The van der Waals surface area contributed by atoms with Crippen LogP contribution in [0.1, 0.15) is 25.7 Å². The minimum absolute atomic E-state index is 0.0367. The topological polar surface area (TPSA) is 72.2 Å². The first-order valence-corrected chi connectivity index (χ1v) is 9.59. The van der Waals surface area contributed by atoms with Crippen molar-refractivity contribution < 1.29 is 21.6 Å². The second kappa shape index (κ2) is 7.42. The number of halogens is 3. The lowest BCUT2D eigenvalue weighted by Crippen LogP contribution is -2.44. The number of rotatable bonds is 5. The van der Waals surface area contributed by atoms with Crippen LogP contribution in [0.2, 0.25) is 0 Å². The molecule has 1 aromatic carbocycles. The molecule has 2 atom stereocenters. The molecule has 0 amide bonds. The molecule has 3 N–H and O–H groups in total. The van der Waals surface area contributed by atoms with Crippen molar-refractivity contribution in [2.24, 2.45) is 11.7 Å². The van der Waals surface area contributed by atoms with Crippen LogP contribution in [0.15, 0.2) is 34.1 Å². The lowest BCUT2D eigenvalue weighted by atomic mass is 9.85. The highest BCUT2D eigenvalue weighted by Gasteiger charge is 2.30. The summed E-state index contributed by atoms with van der Waals surface area (Å²) in [6.45, 7) is 0.411. The molecule has 130 valence electrons. The molecule has 0 bridgehead atoms. The first-order valence-electron chi connectivity index (χ1n) is 7.29. The van der Waals surface area contributed by atoms with E-state index in [1.165, 1.54) is 12.1 Å². The Labute approximate surface area is 138 Å². The zero-order chi connectivity index (χ0) is 17.1. The average Bonchev–Trinajstić information content (AvgIpc) is 2.46. The highest BCUT2D eigenvalue weighted by atomic mass is 32.2. The molecule has 0 heterocycles. The van der Waals surface area contributed by atoms with E-state index in [-0.39, 0.29) is 33.5 Å². The van der Waals surface area contributed by atoms with Crippen LogP contribution in [0, 0.1) is 5.92 Å². The Hall–Kier alpha value is -0.770.